The highest BCUT2D eigenvalue weighted by molar-refractivity contribution is 5.92. The Bertz CT molecular complexity index is 846. The van der Waals surface area contributed by atoms with Gasteiger partial charge in [-0.2, -0.15) is 0 Å². The maximum absolute atomic E-state index is 12.3. The van der Waals surface area contributed by atoms with Crippen LogP contribution in [0.4, 0.5) is 5.69 Å². The predicted molar refractivity (Wildman–Crippen MR) is 91.2 cm³/mol. The molecule has 2 aromatic carbocycles. The quantitative estimate of drug-likeness (QED) is 0.771. The number of anilines is 1. The lowest BCUT2D eigenvalue weighted by Crippen LogP contribution is -2.18. The van der Waals surface area contributed by atoms with Crippen molar-refractivity contribution in [1.82, 2.24) is 4.57 Å². The smallest absolute Gasteiger partial charge is 0.244 e. The minimum Gasteiger partial charge on any atom is -0.338 e. The van der Waals surface area contributed by atoms with Gasteiger partial charge in [0, 0.05) is 17.4 Å². The van der Waals surface area contributed by atoms with E-state index >= 15 is 0 Å². The summed E-state index contributed by atoms with van der Waals surface area (Å²) in [6.45, 7) is 6.45. The molecule has 1 amide bonds. The summed E-state index contributed by atoms with van der Waals surface area (Å²) >= 11 is 0. The fourth-order valence-electron chi connectivity index (χ4n) is 2.76. The Kier molecular flexibility index (Phi) is 3.72. The first kappa shape index (κ1) is 14.4. The lowest BCUT2D eigenvalue weighted by Gasteiger charge is -2.10. The fourth-order valence-corrected chi connectivity index (χ4v) is 2.76. The number of carbonyl (C=O) groups is 1. The third-order valence-electron chi connectivity index (χ3n) is 3.90. The molecule has 0 radical (unpaired) electrons. The van der Waals surface area contributed by atoms with Crippen LogP contribution in [0.15, 0.2) is 48.7 Å². The summed E-state index contributed by atoms with van der Waals surface area (Å²) in [7, 11) is 0. The van der Waals surface area contributed by atoms with Crippen LogP contribution in [0.3, 0.4) is 0 Å². The summed E-state index contributed by atoms with van der Waals surface area (Å²) in [6, 6.07) is 14.4. The molecule has 3 rings (SSSR count). The van der Waals surface area contributed by atoms with Gasteiger partial charge in [-0.3, -0.25) is 4.79 Å². The Morgan fingerprint density at radius 1 is 1.00 bits per heavy atom. The van der Waals surface area contributed by atoms with Crippen LogP contribution in [0.2, 0.25) is 0 Å². The Balaban J connectivity index is 1.78. The number of carbonyl (C=O) groups excluding carboxylic acids is 1. The molecule has 1 heterocycles. The molecule has 0 aliphatic rings. The summed E-state index contributed by atoms with van der Waals surface area (Å²) in [5.74, 6) is -0.00923. The molecular weight excluding hydrogens is 272 g/mol. The van der Waals surface area contributed by atoms with Crippen LogP contribution in [-0.2, 0) is 11.3 Å². The summed E-state index contributed by atoms with van der Waals surface area (Å²) < 4.78 is 1.98. The maximum Gasteiger partial charge on any atom is 0.244 e. The molecule has 3 nitrogen and oxygen atoms in total. The van der Waals surface area contributed by atoms with Crippen LogP contribution in [0.1, 0.15) is 16.7 Å². The number of nitrogens with zero attached hydrogens (tertiary/aromatic N) is 1. The monoisotopic (exact) mass is 292 g/mol. The number of benzene rings is 2. The van der Waals surface area contributed by atoms with E-state index in [4.69, 9.17) is 0 Å². The second kappa shape index (κ2) is 5.68. The van der Waals surface area contributed by atoms with Crippen LogP contribution in [0, 0.1) is 20.8 Å². The standard InChI is InChI=1S/C19H20N2O/c1-13-4-6-17(15(3)10-13)20-19(22)12-21-9-8-16-11-14(2)5-7-18(16)21/h4-11H,12H2,1-3H3,(H,20,22). The van der Waals surface area contributed by atoms with Gasteiger partial charge in [0.2, 0.25) is 5.91 Å². The third kappa shape index (κ3) is 2.89. The first-order valence-electron chi connectivity index (χ1n) is 7.45. The van der Waals surface area contributed by atoms with E-state index in [-0.39, 0.29) is 5.91 Å². The molecule has 0 spiro atoms. The van der Waals surface area contributed by atoms with Crippen LogP contribution in [0.5, 0.6) is 0 Å². The van der Waals surface area contributed by atoms with Gasteiger partial charge in [0.1, 0.15) is 6.54 Å². The lowest BCUT2D eigenvalue weighted by atomic mass is 10.1. The third-order valence-corrected chi connectivity index (χ3v) is 3.90. The van der Waals surface area contributed by atoms with Gasteiger partial charge in [0.15, 0.2) is 0 Å². The normalized spacial score (nSPS) is 10.9. The van der Waals surface area contributed by atoms with Crippen LogP contribution >= 0.6 is 0 Å². The first-order valence-corrected chi connectivity index (χ1v) is 7.45. The molecule has 0 aliphatic carbocycles. The Morgan fingerprint density at radius 3 is 2.50 bits per heavy atom. The topological polar surface area (TPSA) is 34.0 Å². The highest BCUT2D eigenvalue weighted by Gasteiger charge is 2.08. The molecule has 0 bridgehead atoms. The zero-order valence-corrected chi connectivity index (χ0v) is 13.2. The number of hydrogen-bond acceptors (Lipinski definition) is 1. The van der Waals surface area contributed by atoms with Crippen molar-refractivity contribution in [2.24, 2.45) is 0 Å². The zero-order valence-electron chi connectivity index (χ0n) is 13.2. The van der Waals surface area contributed by atoms with Gasteiger partial charge in [0.25, 0.3) is 0 Å². The average molecular weight is 292 g/mol. The number of aryl methyl sites for hydroxylation is 3. The van der Waals surface area contributed by atoms with Gasteiger partial charge in [-0.05, 0) is 56.0 Å². The lowest BCUT2D eigenvalue weighted by molar-refractivity contribution is -0.116. The molecule has 0 saturated carbocycles. The van der Waals surface area contributed by atoms with E-state index in [0.29, 0.717) is 6.54 Å². The van der Waals surface area contributed by atoms with Crippen molar-refractivity contribution in [1.29, 1.82) is 0 Å². The number of nitrogens with one attached hydrogen (secondary N) is 1. The van der Waals surface area contributed by atoms with E-state index in [2.05, 4.69) is 36.5 Å². The Hall–Kier alpha value is -2.55. The van der Waals surface area contributed by atoms with Crippen molar-refractivity contribution in [3.05, 3.63) is 65.4 Å². The van der Waals surface area contributed by atoms with Gasteiger partial charge in [0.05, 0.1) is 0 Å². The molecule has 0 unspecified atom stereocenters. The van der Waals surface area contributed by atoms with E-state index in [1.807, 2.05) is 42.8 Å². The summed E-state index contributed by atoms with van der Waals surface area (Å²) in [5.41, 5.74) is 5.47. The van der Waals surface area contributed by atoms with Crippen molar-refractivity contribution >= 4 is 22.5 Å². The molecule has 3 aromatic rings. The van der Waals surface area contributed by atoms with Gasteiger partial charge < -0.3 is 9.88 Å². The van der Waals surface area contributed by atoms with Gasteiger partial charge in [-0.25, -0.2) is 0 Å². The molecule has 22 heavy (non-hydrogen) atoms. The number of hydrogen-bond donors (Lipinski definition) is 1. The summed E-state index contributed by atoms with van der Waals surface area (Å²) in [5, 5.41) is 4.16. The predicted octanol–water partition coefficient (Wildman–Crippen LogP) is 4.21. The summed E-state index contributed by atoms with van der Waals surface area (Å²) in [6.07, 6.45) is 1.96. The van der Waals surface area contributed by atoms with Gasteiger partial charge in [-0.15, -0.1) is 0 Å². The van der Waals surface area contributed by atoms with Crippen LogP contribution < -0.4 is 5.32 Å². The zero-order chi connectivity index (χ0) is 15.7. The van der Waals surface area contributed by atoms with Crippen LogP contribution in [0.25, 0.3) is 10.9 Å². The Morgan fingerprint density at radius 2 is 1.73 bits per heavy atom. The molecule has 0 saturated heterocycles. The second-order valence-electron chi connectivity index (χ2n) is 5.87. The van der Waals surface area contributed by atoms with Crippen molar-refractivity contribution < 1.29 is 4.79 Å². The highest BCUT2D eigenvalue weighted by atomic mass is 16.1. The number of amides is 1. The van der Waals surface area contributed by atoms with E-state index in [9.17, 15) is 4.79 Å². The fraction of sp³-hybridized carbons (Fsp3) is 0.211. The molecule has 112 valence electrons. The van der Waals surface area contributed by atoms with Crippen molar-refractivity contribution in [3.63, 3.8) is 0 Å². The number of aromatic nitrogens is 1. The number of fused-ring (bicyclic) bond motifs is 1. The van der Waals surface area contributed by atoms with Crippen LogP contribution in [-0.4, -0.2) is 10.5 Å². The summed E-state index contributed by atoms with van der Waals surface area (Å²) in [4.78, 5) is 12.3. The molecule has 0 atom stereocenters. The molecule has 3 heteroatoms. The SMILES string of the molecule is Cc1ccc(NC(=O)Cn2ccc3cc(C)ccc32)c(C)c1. The minimum atomic E-state index is -0.00923. The minimum absolute atomic E-state index is 0.00923. The second-order valence-corrected chi connectivity index (χ2v) is 5.87. The Labute approximate surface area is 130 Å². The van der Waals surface area contributed by atoms with Crippen molar-refractivity contribution in [2.75, 3.05) is 5.32 Å². The molecule has 0 aliphatic heterocycles. The van der Waals surface area contributed by atoms with Gasteiger partial charge in [-0.1, -0.05) is 29.3 Å². The molecule has 0 fully saturated rings. The molecule has 1 aromatic heterocycles. The largest absolute Gasteiger partial charge is 0.338 e. The van der Waals surface area contributed by atoms with E-state index in [1.54, 1.807) is 0 Å². The van der Waals surface area contributed by atoms with E-state index in [0.717, 1.165) is 16.8 Å². The average Bonchev–Trinajstić information content (AvgIpc) is 2.84. The first-order chi connectivity index (χ1) is 10.5. The molecule has 1 N–H and O–H groups in total. The van der Waals surface area contributed by atoms with E-state index in [1.165, 1.54) is 16.5 Å². The number of rotatable bonds is 3. The van der Waals surface area contributed by atoms with Crippen molar-refractivity contribution in [3.8, 4) is 0 Å². The molecular formula is C19H20N2O. The highest BCUT2D eigenvalue weighted by Crippen LogP contribution is 2.19. The van der Waals surface area contributed by atoms with Crippen molar-refractivity contribution in [2.45, 2.75) is 27.3 Å². The van der Waals surface area contributed by atoms with Gasteiger partial charge >= 0.3 is 0 Å². The van der Waals surface area contributed by atoms with E-state index < -0.39 is 0 Å². The maximum atomic E-state index is 12.3.